The monoisotopic (exact) mass is 481 g/mol. The van der Waals surface area contributed by atoms with Crippen molar-refractivity contribution in [2.45, 2.75) is 17.7 Å². The van der Waals surface area contributed by atoms with E-state index >= 15 is 0 Å². The van der Waals surface area contributed by atoms with Crippen LogP contribution >= 0.6 is 11.3 Å². The molecule has 0 saturated heterocycles. The second kappa shape index (κ2) is 10.8. The van der Waals surface area contributed by atoms with Crippen LogP contribution in [0.5, 0.6) is 0 Å². The molecular formula is C20H20FN3O6S2. The lowest BCUT2D eigenvalue weighted by Gasteiger charge is -2.08. The Balaban J connectivity index is 0.000000390. The number of hydrogen-bond donors (Lipinski definition) is 3. The van der Waals surface area contributed by atoms with E-state index in [1.54, 1.807) is 31.3 Å². The summed E-state index contributed by atoms with van der Waals surface area (Å²) in [6.07, 6.45) is 2.55. The van der Waals surface area contributed by atoms with Gasteiger partial charge < -0.3 is 15.5 Å². The van der Waals surface area contributed by atoms with E-state index in [1.165, 1.54) is 29.7 Å². The van der Waals surface area contributed by atoms with Crippen LogP contribution in [-0.2, 0) is 26.2 Å². The Morgan fingerprint density at radius 2 is 1.78 bits per heavy atom. The topological polar surface area (TPSA) is 139 Å². The SMILES string of the molecule is CNCc1cn(S(=O)(=O)c2ccc(C)s2)c(-c2ccccc2F)n1.O=C(O)C=CC(=O)O. The number of hydrogen-bond acceptors (Lipinski definition) is 7. The van der Waals surface area contributed by atoms with E-state index in [9.17, 15) is 22.4 Å². The number of aromatic nitrogens is 2. The molecule has 170 valence electrons. The minimum atomic E-state index is -3.83. The van der Waals surface area contributed by atoms with Gasteiger partial charge in [-0.05, 0) is 38.2 Å². The number of carbonyl (C=O) groups is 2. The summed E-state index contributed by atoms with van der Waals surface area (Å²) in [5, 5.41) is 18.5. The average molecular weight is 482 g/mol. The molecule has 0 unspecified atom stereocenters. The first kappa shape index (κ1) is 24.9. The fourth-order valence-electron chi connectivity index (χ4n) is 2.47. The molecule has 0 aliphatic heterocycles. The summed E-state index contributed by atoms with van der Waals surface area (Å²) >= 11 is 1.17. The zero-order chi connectivity index (χ0) is 23.9. The van der Waals surface area contributed by atoms with Gasteiger partial charge in [0.05, 0.1) is 11.3 Å². The second-order valence-electron chi connectivity index (χ2n) is 6.24. The molecule has 3 rings (SSSR count). The Morgan fingerprint density at radius 1 is 1.16 bits per heavy atom. The second-order valence-corrected chi connectivity index (χ2v) is 9.57. The lowest BCUT2D eigenvalue weighted by atomic mass is 10.2. The molecule has 0 radical (unpaired) electrons. The molecule has 9 nitrogen and oxygen atoms in total. The van der Waals surface area contributed by atoms with E-state index in [4.69, 9.17) is 10.2 Å². The van der Waals surface area contributed by atoms with Gasteiger partial charge in [0.2, 0.25) is 0 Å². The maximum atomic E-state index is 14.2. The summed E-state index contributed by atoms with van der Waals surface area (Å²) in [5.74, 6) is -2.96. The van der Waals surface area contributed by atoms with Crippen molar-refractivity contribution in [3.63, 3.8) is 0 Å². The van der Waals surface area contributed by atoms with Gasteiger partial charge in [-0.2, -0.15) is 8.42 Å². The molecule has 12 heteroatoms. The first-order valence-corrected chi connectivity index (χ1v) is 11.3. The largest absolute Gasteiger partial charge is 0.478 e. The number of carboxylic acids is 2. The summed E-state index contributed by atoms with van der Waals surface area (Å²) in [6, 6.07) is 9.30. The van der Waals surface area contributed by atoms with Crippen LogP contribution in [0.1, 0.15) is 10.6 Å². The highest BCUT2D eigenvalue weighted by Crippen LogP contribution is 2.29. The molecule has 0 fully saturated rings. The standard InChI is InChI=1S/C16H16FN3O2S2.C4H4O4/c1-11-7-8-15(23-11)24(21,22)20-10-12(9-18-2)19-16(20)13-5-3-4-6-14(13)17;5-3(6)1-2-4(7)8/h3-8,10,18H,9H2,1-2H3;1-2H,(H,5,6)(H,7,8). The summed E-state index contributed by atoms with van der Waals surface area (Å²) < 4.78 is 41.4. The van der Waals surface area contributed by atoms with Crippen molar-refractivity contribution in [1.29, 1.82) is 0 Å². The molecule has 2 aromatic heterocycles. The summed E-state index contributed by atoms with van der Waals surface area (Å²) in [7, 11) is -2.10. The fourth-order valence-corrected chi connectivity index (χ4v) is 5.18. The van der Waals surface area contributed by atoms with Gasteiger partial charge >= 0.3 is 11.9 Å². The van der Waals surface area contributed by atoms with E-state index in [0.717, 1.165) is 8.85 Å². The van der Waals surface area contributed by atoms with E-state index in [-0.39, 0.29) is 15.6 Å². The van der Waals surface area contributed by atoms with Gasteiger partial charge in [-0.3, -0.25) is 0 Å². The van der Waals surface area contributed by atoms with Crippen LogP contribution in [0.3, 0.4) is 0 Å². The van der Waals surface area contributed by atoms with Gasteiger partial charge in [0.1, 0.15) is 10.0 Å². The first-order chi connectivity index (χ1) is 15.1. The Kier molecular flexibility index (Phi) is 8.41. The predicted molar refractivity (Wildman–Crippen MR) is 116 cm³/mol. The molecule has 32 heavy (non-hydrogen) atoms. The average Bonchev–Trinajstić information content (AvgIpc) is 3.35. The Labute approximate surface area is 187 Å². The van der Waals surface area contributed by atoms with Crippen LogP contribution in [0.15, 0.2) is 59.0 Å². The van der Waals surface area contributed by atoms with Crippen LogP contribution in [0.2, 0.25) is 0 Å². The Bertz CT molecular complexity index is 1230. The number of benzene rings is 1. The van der Waals surface area contributed by atoms with E-state index in [0.29, 0.717) is 24.4 Å². The molecule has 0 spiro atoms. The van der Waals surface area contributed by atoms with Gasteiger partial charge in [-0.1, -0.05) is 12.1 Å². The molecule has 0 amide bonds. The number of nitrogens with zero attached hydrogens (tertiary/aromatic N) is 2. The zero-order valence-electron chi connectivity index (χ0n) is 17.0. The van der Waals surface area contributed by atoms with Crippen molar-refractivity contribution in [2.75, 3.05) is 7.05 Å². The van der Waals surface area contributed by atoms with Crippen molar-refractivity contribution in [3.8, 4) is 11.4 Å². The predicted octanol–water partition coefficient (Wildman–Crippen LogP) is 2.73. The minimum Gasteiger partial charge on any atom is -0.478 e. The molecule has 1 aromatic carbocycles. The lowest BCUT2D eigenvalue weighted by Crippen LogP contribution is -2.12. The quantitative estimate of drug-likeness (QED) is 0.438. The van der Waals surface area contributed by atoms with Gasteiger partial charge in [0, 0.05) is 29.8 Å². The van der Waals surface area contributed by atoms with Crippen LogP contribution in [0.4, 0.5) is 4.39 Å². The molecule has 0 aliphatic carbocycles. The molecular weight excluding hydrogens is 461 g/mol. The van der Waals surface area contributed by atoms with Crippen LogP contribution in [0, 0.1) is 12.7 Å². The van der Waals surface area contributed by atoms with Gasteiger partial charge in [0.15, 0.2) is 5.82 Å². The number of carboxylic acid groups (broad SMARTS) is 2. The Hall–Kier alpha value is -3.35. The molecule has 0 atom stereocenters. The highest BCUT2D eigenvalue weighted by Gasteiger charge is 2.25. The maximum absolute atomic E-state index is 14.2. The summed E-state index contributed by atoms with van der Waals surface area (Å²) in [6.45, 7) is 2.22. The maximum Gasteiger partial charge on any atom is 0.328 e. The van der Waals surface area contributed by atoms with Crippen molar-refractivity contribution >= 4 is 33.3 Å². The number of halogens is 1. The van der Waals surface area contributed by atoms with Crippen molar-refractivity contribution < 1.29 is 32.6 Å². The minimum absolute atomic E-state index is 0.0735. The zero-order valence-corrected chi connectivity index (χ0v) is 18.7. The van der Waals surface area contributed by atoms with Gasteiger partial charge in [-0.25, -0.2) is 22.9 Å². The third-order valence-electron chi connectivity index (χ3n) is 3.79. The molecule has 3 aromatic rings. The summed E-state index contributed by atoms with van der Waals surface area (Å²) in [5.41, 5.74) is 0.671. The molecule has 2 heterocycles. The highest BCUT2D eigenvalue weighted by molar-refractivity contribution is 7.92. The Morgan fingerprint density at radius 3 is 2.28 bits per heavy atom. The number of nitrogens with one attached hydrogen (secondary N) is 1. The molecule has 0 bridgehead atoms. The van der Waals surface area contributed by atoms with E-state index < -0.39 is 27.8 Å². The molecule has 3 N–H and O–H groups in total. The third kappa shape index (κ3) is 6.33. The van der Waals surface area contributed by atoms with Crippen molar-refractivity contribution in [1.82, 2.24) is 14.3 Å². The van der Waals surface area contributed by atoms with Gasteiger partial charge in [0.25, 0.3) is 10.0 Å². The number of aryl methyl sites for hydroxylation is 1. The van der Waals surface area contributed by atoms with E-state index in [1.807, 2.05) is 6.92 Å². The lowest BCUT2D eigenvalue weighted by molar-refractivity contribution is -0.134. The fraction of sp³-hybridized carbons (Fsp3) is 0.150. The van der Waals surface area contributed by atoms with Gasteiger partial charge in [-0.15, -0.1) is 11.3 Å². The number of imidazole rings is 1. The van der Waals surface area contributed by atoms with Crippen molar-refractivity contribution in [2.24, 2.45) is 0 Å². The van der Waals surface area contributed by atoms with Crippen LogP contribution in [-0.4, -0.2) is 46.6 Å². The molecule has 0 saturated carbocycles. The normalized spacial score (nSPS) is 11.2. The molecule has 0 aliphatic rings. The van der Waals surface area contributed by atoms with Crippen LogP contribution < -0.4 is 5.32 Å². The number of rotatable bonds is 7. The van der Waals surface area contributed by atoms with E-state index in [2.05, 4.69) is 10.3 Å². The third-order valence-corrected chi connectivity index (χ3v) is 6.91. The smallest absolute Gasteiger partial charge is 0.328 e. The van der Waals surface area contributed by atoms with Crippen molar-refractivity contribution in [3.05, 3.63) is 71.1 Å². The number of aliphatic carboxylic acids is 2. The summed E-state index contributed by atoms with van der Waals surface area (Å²) in [4.78, 5) is 24.3. The highest BCUT2D eigenvalue weighted by atomic mass is 32.2. The van der Waals surface area contributed by atoms with Crippen LogP contribution in [0.25, 0.3) is 11.4 Å². The first-order valence-electron chi connectivity index (χ1n) is 9.00. The number of thiophene rings is 1.